The Morgan fingerprint density at radius 1 is 0.253 bits per heavy atom. The topological polar surface area (TPSA) is 78.9 Å². The van der Waals surface area contributed by atoms with Gasteiger partial charge in [-0.2, -0.15) is 0 Å². The van der Waals surface area contributed by atoms with Crippen LogP contribution in [0.15, 0.2) is 122 Å². The van der Waals surface area contributed by atoms with Gasteiger partial charge in [-0.3, -0.25) is 14.4 Å². The molecule has 83 heavy (non-hydrogen) atoms. The zero-order chi connectivity index (χ0) is 59.9. The third-order valence-electron chi connectivity index (χ3n) is 14.9. The molecule has 0 amide bonds. The zero-order valence-corrected chi connectivity index (χ0v) is 54.4. The summed E-state index contributed by atoms with van der Waals surface area (Å²) in [5.41, 5.74) is 0. The number of hydrogen-bond acceptors (Lipinski definition) is 6. The molecule has 0 bridgehead atoms. The highest BCUT2D eigenvalue weighted by atomic mass is 16.6. The van der Waals surface area contributed by atoms with Crippen LogP contribution in [0.2, 0.25) is 0 Å². The van der Waals surface area contributed by atoms with E-state index in [4.69, 9.17) is 14.2 Å². The van der Waals surface area contributed by atoms with Crippen molar-refractivity contribution in [2.24, 2.45) is 0 Å². The normalized spacial score (nSPS) is 12.9. The third kappa shape index (κ3) is 68.5. The Hall–Kier alpha value is -4.19. The molecule has 0 aromatic heterocycles. The maximum atomic E-state index is 12.9. The molecule has 0 rings (SSSR count). The number of allylic oxidation sites excluding steroid dienone is 20. The van der Waals surface area contributed by atoms with Gasteiger partial charge < -0.3 is 14.2 Å². The first kappa shape index (κ1) is 78.8. The van der Waals surface area contributed by atoms with Crippen molar-refractivity contribution in [2.45, 2.75) is 335 Å². The minimum atomic E-state index is -0.793. The minimum Gasteiger partial charge on any atom is -0.462 e. The number of esters is 3. The fourth-order valence-electron chi connectivity index (χ4n) is 9.75. The van der Waals surface area contributed by atoms with Crippen molar-refractivity contribution in [3.05, 3.63) is 122 Å². The standard InChI is InChI=1S/C77H130O6/c1-4-7-10-13-16-19-22-25-28-30-32-33-34-35-36-37-38-39-40-41-42-43-45-46-49-52-55-58-61-64-67-70-76(79)82-73-74(72-81-75(78)69-66-63-60-57-54-51-48-27-24-21-18-15-12-9-6-3)83-77(80)71-68-65-62-59-56-53-50-47-44-31-29-26-23-20-17-14-11-8-5-2/h7-8,10-11,16-17,19-20,25-29,32-33,35-36,44,47-48,74H,4-6,9,12-15,18,21-24,30-31,34,37-43,45-46,49-73H2,1-3H3/b10-7-,11-8-,19-16-,20-17-,28-25-,29-26-,33-32-,36-35-,47-44-,48-27-. The van der Waals surface area contributed by atoms with E-state index in [2.05, 4.69) is 142 Å². The highest BCUT2D eigenvalue weighted by Crippen LogP contribution is 2.17. The number of carbonyl (C=O) groups is 3. The molecule has 6 nitrogen and oxygen atoms in total. The predicted molar refractivity (Wildman–Crippen MR) is 362 cm³/mol. The predicted octanol–water partition coefficient (Wildman–Crippen LogP) is 24.3. The molecule has 0 saturated heterocycles. The van der Waals surface area contributed by atoms with Crippen LogP contribution in [0.1, 0.15) is 329 Å². The van der Waals surface area contributed by atoms with Crippen molar-refractivity contribution in [2.75, 3.05) is 13.2 Å². The first-order valence-corrected chi connectivity index (χ1v) is 35.0. The summed E-state index contributed by atoms with van der Waals surface area (Å²) in [7, 11) is 0. The summed E-state index contributed by atoms with van der Waals surface area (Å²) in [5.74, 6) is -0.898. The van der Waals surface area contributed by atoms with E-state index in [0.29, 0.717) is 19.3 Å². The molecule has 6 heteroatoms. The van der Waals surface area contributed by atoms with Crippen molar-refractivity contribution in [3.8, 4) is 0 Å². The monoisotopic (exact) mass is 1150 g/mol. The highest BCUT2D eigenvalue weighted by molar-refractivity contribution is 5.71. The van der Waals surface area contributed by atoms with Crippen molar-refractivity contribution in [1.82, 2.24) is 0 Å². The van der Waals surface area contributed by atoms with Gasteiger partial charge in [0.1, 0.15) is 13.2 Å². The number of hydrogen-bond donors (Lipinski definition) is 0. The third-order valence-corrected chi connectivity index (χ3v) is 14.9. The molecule has 0 aliphatic heterocycles. The Balaban J connectivity index is 4.29. The Bertz CT molecular complexity index is 1700. The van der Waals surface area contributed by atoms with Crippen LogP contribution in [0, 0.1) is 0 Å². The van der Waals surface area contributed by atoms with Gasteiger partial charge in [-0.15, -0.1) is 0 Å². The number of carbonyl (C=O) groups excluding carboxylic acids is 3. The Morgan fingerprint density at radius 2 is 0.470 bits per heavy atom. The van der Waals surface area contributed by atoms with E-state index < -0.39 is 6.10 Å². The van der Waals surface area contributed by atoms with Crippen molar-refractivity contribution in [3.63, 3.8) is 0 Å². The van der Waals surface area contributed by atoms with Gasteiger partial charge in [-0.05, 0) is 128 Å². The van der Waals surface area contributed by atoms with Crippen LogP contribution in [0.4, 0.5) is 0 Å². The number of unbranched alkanes of at least 4 members (excludes halogenated alkanes) is 32. The second-order valence-corrected chi connectivity index (χ2v) is 23.0. The number of ether oxygens (including phenoxy) is 3. The lowest BCUT2D eigenvalue weighted by molar-refractivity contribution is -0.167. The lowest BCUT2D eigenvalue weighted by atomic mass is 10.0. The van der Waals surface area contributed by atoms with Crippen LogP contribution in [-0.4, -0.2) is 37.2 Å². The van der Waals surface area contributed by atoms with Crippen molar-refractivity contribution in [1.29, 1.82) is 0 Å². The van der Waals surface area contributed by atoms with Gasteiger partial charge in [0.05, 0.1) is 0 Å². The molecule has 0 radical (unpaired) electrons. The van der Waals surface area contributed by atoms with Crippen LogP contribution in [0.5, 0.6) is 0 Å². The van der Waals surface area contributed by atoms with E-state index in [9.17, 15) is 14.4 Å². The summed E-state index contributed by atoms with van der Waals surface area (Å²) < 4.78 is 17.0. The van der Waals surface area contributed by atoms with E-state index in [-0.39, 0.29) is 31.1 Å². The van der Waals surface area contributed by atoms with Gasteiger partial charge >= 0.3 is 17.9 Å². The summed E-state index contributed by atoms with van der Waals surface area (Å²) in [4.78, 5) is 38.4. The van der Waals surface area contributed by atoms with E-state index in [1.54, 1.807) is 0 Å². The average molecular weight is 1150 g/mol. The Morgan fingerprint density at radius 3 is 0.747 bits per heavy atom. The molecule has 0 aromatic rings. The van der Waals surface area contributed by atoms with Crippen molar-refractivity contribution < 1.29 is 28.6 Å². The van der Waals surface area contributed by atoms with E-state index in [1.807, 2.05) is 0 Å². The molecule has 0 fully saturated rings. The van der Waals surface area contributed by atoms with E-state index in [1.165, 1.54) is 154 Å². The molecular weight excluding hydrogens is 1020 g/mol. The van der Waals surface area contributed by atoms with Gasteiger partial charge in [-0.25, -0.2) is 0 Å². The van der Waals surface area contributed by atoms with Crippen LogP contribution in [0.3, 0.4) is 0 Å². The fraction of sp³-hybridized carbons (Fsp3) is 0.701. The van der Waals surface area contributed by atoms with Gasteiger partial charge in [-0.1, -0.05) is 303 Å². The molecule has 0 aliphatic rings. The number of rotatable bonds is 63. The summed E-state index contributed by atoms with van der Waals surface area (Å²) in [6.45, 7) is 6.42. The summed E-state index contributed by atoms with van der Waals surface area (Å²) in [5, 5.41) is 0. The van der Waals surface area contributed by atoms with E-state index >= 15 is 0 Å². The molecule has 0 N–H and O–H groups in total. The molecule has 0 aliphatic carbocycles. The van der Waals surface area contributed by atoms with Gasteiger partial charge in [0, 0.05) is 19.3 Å². The Labute approximate surface area is 513 Å². The summed E-state index contributed by atoms with van der Waals surface area (Å²) in [6.07, 6.45) is 97.9. The van der Waals surface area contributed by atoms with Crippen LogP contribution >= 0.6 is 0 Å². The zero-order valence-electron chi connectivity index (χ0n) is 54.4. The average Bonchev–Trinajstić information content (AvgIpc) is 3.49. The molecule has 1 atom stereocenters. The fourth-order valence-corrected chi connectivity index (χ4v) is 9.75. The highest BCUT2D eigenvalue weighted by Gasteiger charge is 2.19. The van der Waals surface area contributed by atoms with Crippen molar-refractivity contribution >= 4 is 17.9 Å². The van der Waals surface area contributed by atoms with Gasteiger partial charge in [0.15, 0.2) is 6.10 Å². The van der Waals surface area contributed by atoms with Gasteiger partial charge in [0.25, 0.3) is 0 Å². The molecule has 0 heterocycles. The lowest BCUT2D eigenvalue weighted by Gasteiger charge is -2.18. The minimum absolute atomic E-state index is 0.0863. The summed E-state index contributed by atoms with van der Waals surface area (Å²) >= 11 is 0. The van der Waals surface area contributed by atoms with Crippen LogP contribution in [-0.2, 0) is 28.6 Å². The largest absolute Gasteiger partial charge is 0.462 e. The smallest absolute Gasteiger partial charge is 0.306 e. The maximum absolute atomic E-state index is 12.9. The quantitative estimate of drug-likeness (QED) is 0.0261. The molecule has 1 unspecified atom stereocenters. The summed E-state index contributed by atoms with van der Waals surface area (Å²) in [6, 6.07) is 0. The Kier molecular flexibility index (Phi) is 66.7. The first-order valence-electron chi connectivity index (χ1n) is 35.0. The van der Waals surface area contributed by atoms with Gasteiger partial charge in [0.2, 0.25) is 0 Å². The van der Waals surface area contributed by atoms with Crippen LogP contribution < -0.4 is 0 Å². The van der Waals surface area contributed by atoms with Crippen LogP contribution in [0.25, 0.3) is 0 Å². The molecular formula is C77H130O6. The second kappa shape index (κ2) is 70.3. The lowest BCUT2D eigenvalue weighted by Crippen LogP contribution is -2.30. The molecule has 0 spiro atoms. The molecule has 0 aromatic carbocycles. The first-order chi connectivity index (χ1) is 41.0. The maximum Gasteiger partial charge on any atom is 0.306 e. The molecule has 0 saturated carbocycles. The SMILES string of the molecule is CC/C=C\C/C=C\C/C=C\C/C=C\C/C=C\CCCCCCCCCCCCCCCCCC(=O)OCC(COC(=O)CCCCCCC/C=C\CCCCCCCC)OC(=O)CCCCCCCC/C=C\C/C=C\C/C=C\C/C=C\CC. The second-order valence-electron chi connectivity index (χ2n) is 23.0. The van der Waals surface area contributed by atoms with E-state index in [0.717, 1.165) is 135 Å². The molecule has 474 valence electrons.